The Kier molecular flexibility index (Phi) is 5.90. The highest BCUT2D eigenvalue weighted by molar-refractivity contribution is 7.89. The van der Waals surface area contributed by atoms with Crippen LogP contribution in [0.5, 0.6) is 0 Å². The lowest BCUT2D eigenvalue weighted by atomic mass is 10.1. The fourth-order valence-corrected chi connectivity index (χ4v) is 3.22. The zero-order valence-corrected chi connectivity index (χ0v) is 12.8. The summed E-state index contributed by atoms with van der Waals surface area (Å²) in [4.78, 5) is 11.4. The summed E-state index contributed by atoms with van der Waals surface area (Å²) in [5.74, 6) is 4.32. The summed E-state index contributed by atoms with van der Waals surface area (Å²) in [6, 6.07) is 5.27. The van der Waals surface area contributed by atoms with E-state index >= 15 is 0 Å². The largest absolute Gasteiger partial charge is 0.368 e. The molecule has 0 radical (unpaired) electrons. The van der Waals surface area contributed by atoms with Crippen LogP contribution < -0.4 is 16.2 Å². The molecule has 0 fully saturated rings. The van der Waals surface area contributed by atoms with Gasteiger partial charge in [-0.15, -0.1) is 0 Å². The number of amides is 1. The third-order valence-corrected chi connectivity index (χ3v) is 4.26. The van der Waals surface area contributed by atoms with E-state index in [1.807, 2.05) is 0 Å². The highest BCUT2D eigenvalue weighted by Crippen LogP contribution is 2.16. The Morgan fingerprint density at radius 1 is 1.33 bits per heavy atom. The number of benzene rings is 1. The zero-order chi connectivity index (χ0) is 16.0. The first-order valence-electron chi connectivity index (χ1n) is 6.39. The molecule has 0 aromatic heterocycles. The number of nitrogens with one attached hydrogen (secondary N) is 1. The first kappa shape index (κ1) is 17.2. The summed E-state index contributed by atoms with van der Waals surface area (Å²) in [5.41, 5.74) is 10.8. The smallest absolute Gasteiger partial charge is 0.242 e. The second kappa shape index (κ2) is 7.22. The molecule has 7 heteroatoms. The van der Waals surface area contributed by atoms with Gasteiger partial charge < -0.3 is 11.5 Å². The number of primary amides is 1. The van der Waals surface area contributed by atoms with Gasteiger partial charge in [0.2, 0.25) is 15.9 Å². The first-order valence-corrected chi connectivity index (χ1v) is 7.87. The molecule has 1 unspecified atom stereocenters. The van der Waals surface area contributed by atoms with Crippen molar-refractivity contribution in [3.05, 3.63) is 29.8 Å². The molecule has 0 spiro atoms. The second-order valence-electron chi connectivity index (χ2n) is 4.75. The second-order valence-corrected chi connectivity index (χ2v) is 6.43. The van der Waals surface area contributed by atoms with E-state index in [0.717, 1.165) is 0 Å². The van der Waals surface area contributed by atoms with Crippen LogP contribution in [0.25, 0.3) is 0 Å². The number of rotatable bonds is 5. The zero-order valence-electron chi connectivity index (χ0n) is 12.0. The van der Waals surface area contributed by atoms with Crippen LogP contribution in [0.15, 0.2) is 29.2 Å². The molecule has 0 aliphatic heterocycles. The van der Waals surface area contributed by atoms with Gasteiger partial charge in [-0.1, -0.05) is 37.8 Å². The highest BCUT2D eigenvalue weighted by Gasteiger charge is 2.27. The minimum atomic E-state index is -3.90. The molecule has 0 heterocycles. The van der Waals surface area contributed by atoms with Gasteiger partial charge in [0, 0.05) is 5.56 Å². The van der Waals surface area contributed by atoms with Gasteiger partial charge in [-0.3, -0.25) is 4.79 Å². The molecule has 0 saturated heterocycles. The van der Waals surface area contributed by atoms with Crippen molar-refractivity contribution in [2.45, 2.75) is 24.8 Å². The van der Waals surface area contributed by atoms with E-state index in [2.05, 4.69) is 16.6 Å². The first-order chi connectivity index (χ1) is 9.79. The molecule has 1 rings (SSSR count). The summed E-state index contributed by atoms with van der Waals surface area (Å²) in [5, 5.41) is 0. The van der Waals surface area contributed by atoms with E-state index in [-0.39, 0.29) is 17.4 Å². The van der Waals surface area contributed by atoms with Crippen molar-refractivity contribution in [1.82, 2.24) is 4.72 Å². The number of carbonyl (C=O) groups excluding carboxylic acids is 1. The van der Waals surface area contributed by atoms with Crippen molar-refractivity contribution >= 4 is 15.9 Å². The topological polar surface area (TPSA) is 115 Å². The average Bonchev–Trinajstić information content (AvgIpc) is 2.42. The van der Waals surface area contributed by atoms with Gasteiger partial charge in [0.25, 0.3) is 0 Å². The van der Waals surface area contributed by atoms with Crippen LogP contribution in [0.1, 0.15) is 19.4 Å². The number of carbonyl (C=O) groups is 1. The third kappa shape index (κ3) is 4.56. The van der Waals surface area contributed by atoms with Gasteiger partial charge in [-0.2, -0.15) is 4.72 Å². The lowest BCUT2D eigenvalue weighted by Crippen LogP contribution is -2.47. The highest BCUT2D eigenvalue weighted by atomic mass is 32.2. The summed E-state index contributed by atoms with van der Waals surface area (Å²) in [7, 11) is -3.90. The van der Waals surface area contributed by atoms with E-state index in [1.165, 1.54) is 6.07 Å². The predicted molar refractivity (Wildman–Crippen MR) is 80.5 cm³/mol. The molecule has 0 saturated carbocycles. The molecule has 5 N–H and O–H groups in total. The van der Waals surface area contributed by atoms with Crippen molar-refractivity contribution in [1.29, 1.82) is 0 Å². The molecule has 1 amide bonds. The van der Waals surface area contributed by atoms with E-state index in [4.69, 9.17) is 11.5 Å². The molecular weight excluding hydrogens is 290 g/mol. The van der Waals surface area contributed by atoms with Crippen LogP contribution in [0.2, 0.25) is 0 Å². The van der Waals surface area contributed by atoms with E-state index in [1.54, 1.807) is 32.0 Å². The minimum Gasteiger partial charge on any atom is -0.368 e. The molecule has 1 aromatic carbocycles. The van der Waals surface area contributed by atoms with Crippen LogP contribution in [0, 0.1) is 17.8 Å². The van der Waals surface area contributed by atoms with Crippen molar-refractivity contribution in [2.24, 2.45) is 17.4 Å². The minimum absolute atomic E-state index is 0.00199. The molecular formula is C14H19N3O3S. The van der Waals surface area contributed by atoms with E-state index in [9.17, 15) is 13.2 Å². The quantitative estimate of drug-likeness (QED) is 0.652. The van der Waals surface area contributed by atoms with Crippen molar-refractivity contribution in [3.8, 4) is 11.8 Å². The van der Waals surface area contributed by atoms with Gasteiger partial charge in [0.1, 0.15) is 6.04 Å². The van der Waals surface area contributed by atoms with Crippen molar-refractivity contribution in [3.63, 3.8) is 0 Å². The van der Waals surface area contributed by atoms with Crippen LogP contribution in [-0.2, 0) is 14.8 Å². The summed E-state index contributed by atoms with van der Waals surface area (Å²) in [6.07, 6.45) is 0. The van der Waals surface area contributed by atoms with Crippen LogP contribution in [0.4, 0.5) is 0 Å². The fraction of sp³-hybridized carbons (Fsp3) is 0.357. The van der Waals surface area contributed by atoms with E-state index < -0.39 is 22.0 Å². The maximum Gasteiger partial charge on any atom is 0.242 e. The molecule has 114 valence electrons. The number of sulfonamides is 1. The van der Waals surface area contributed by atoms with Gasteiger partial charge in [0.15, 0.2) is 0 Å². The summed E-state index contributed by atoms with van der Waals surface area (Å²) >= 11 is 0. The number of hydrogen-bond acceptors (Lipinski definition) is 4. The fourth-order valence-electron chi connectivity index (χ4n) is 1.70. The molecule has 6 nitrogen and oxygen atoms in total. The molecule has 21 heavy (non-hydrogen) atoms. The Morgan fingerprint density at radius 3 is 2.48 bits per heavy atom. The lowest BCUT2D eigenvalue weighted by Gasteiger charge is -2.19. The Bertz CT molecular complexity index is 672. The Hall–Kier alpha value is -1.88. The number of nitrogens with two attached hydrogens (primary N) is 2. The SMILES string of the molecule is CC(C)C(NS(=O)(=O)c1ccccc1C#CCN)C(N)=O. The molecule has 1 aromatic rings. The molecule has 0 aliphatic carbocycles. The number of hydrogen-bond donors (Lipinski definition) is 3. The molecule has 1 atom stereocenters. The maximum atomic E-state index is 12.4. The normalized spacial score (nSPS) is 12.6. The Labute approximate surface area is 125 Å². The van der Waals surface area contributed by atoms with Gasteiger partial charge in [0.05, 0.1) is 11.4 Å². The summed E-state index contributed by atoms with van der Waals surface area (Å²) < 4.78 is 27.2. The standard InChI is InChI=1S/C14H19N3O3S/c1-10(2)13(14(16)18)17-21(19,20)12-8-4-3-6-11(12)7-5-9-15/h3-4,6,8,10,13,17H,9,15H2,1-2H3,(H2,16,18). The molecule has 0 aliphatic rings. The average molecular weight is 309 g/mol. The van der Waals surface area contributed by atoms with Gasteiger partial charge >= 0.3 is 0 Å². The van der Waals surface area contributed by atoms with Crippen LogP contribution in [-0.4, -0.2) is 26.9 Å². The summed E-state index contributed by atoms with van der Waals surface area (Å²) in [6.45, 7) is 3.54. The van der Waals surface area contributed by atoms with Crippen LogP contribution in [0.3, 0.4) is 0 Å². The Balaban J connectivity index is 3.22. The van der Waals surface area contributed by atoms with Gasteiger partial charge in [-0.25, -0.2) is 8.42 Å². The van der Waals surface area contributed by atoms with E-state index in [0.29, 0.717) is 5.56 Å². The Morgan fingerprint density at radius 2 is 1.95 bits per heavy atom. The predicted octanol–water partition coefficient (Wildman–Crippen LogP) is -0.215. The van der Waals surface area contributed by atoms with Crippen molar-refractivity contribution < 1.29 is 13.2 Å². The monoisotopic (exact) mass is 309 g/mol. The van der Waals surface area contributed by atoms with Crippen molar-refractivity contribution in [2.75, 3.05) is 6.54 Å². The lowest BCUT2D eigenvalue weighted by molar-refractivity contribution is -0.120. The van der Waals surface area contributed by atoms with Crippen LogP contribution >= 0.6 is 0 Å². The maximum absolute atomic E-state index is 12.4. The molecule has 0 bridgehead atoms. The van der Waals surface area contributed by atoms with Gasteiger partial charge in [-0.05, 0) is 18.1 Å². The third-order valence-electron chi connectivity index (χ3n) is 2.76.